The van der Waals surface area contributed by atoms with Crippen molar-refractivity contribution >= 4 is 23.4 Å². The lowest BCUT2D eigenvalue weighted by Crippen LogP contribution is -2.45. The summed E-state index contributed by atoms with van der Waals surface area (Å²) in [5.74, 6) is 1.15. The van der Waals surface area contributed by atoms with Crippen LogP contribution in [0.2, 0.25) is 0 Å². The van der Waals surface area contributed by atoms with Gasteiger partial charge in [-0.25, -0.2) is 0 Å². The van der Waals surface area contributed by atoms with E-state index in [9.17, 15) is 4.79 Å². The highest BCUT2D eigenvalue weighted by Crippen LogP contribution is 2.47. The molecule has 1 amide bonds. The Labute approximate surface area is 173 Å². The number of carbonyl (C=O) groups is 1. The quantitative estimate of drug-likeness (QED) is 0.539. The zero-order chi connectivity index (χ0) is 20.2. The summed E-state index contributed by atoms with van der Waals surface area (Å²) in [6, 6.07) is 20.5. The van der Waals surface area contributed by atoms with E-state index in [1.807, 2.05) is 41.3 Å². The predicted octanol–water partition coefficient (Wildman–Crippen LogP) is 6.47. The summed E-state index contributed by atoms with van der Waals surface area (Å²) in [7, 11) is 0. The third-order valence-corrected chi connectivity index (χ3v) is 6.22. The number of rotatable bonds is 7. The molecule has 2 aromatic carbocycles. The van der Waals surface area contributed by atoms with Crippen LogP contribution in [0.5, 0.6) is 0 Å². The molecule has 3 heteroatoms. The van der Waals surface area contributed by atoms with Crippen molar-refractivity contribution < 1.29 is 4.79 Å². The predicted molar refractivity (Wildman–Crippen MR) is 121 cm³/mol. The molecular formula is C25H29NOS. The first-order chi connectivity index (χ1) is 13.5. The Bertz CT molecular complexity index is 870. The van der Waals surface area contributed by atoms with Crippen LogP contribution in [-0.4, -0.2) is 16.6 Å². The minimum atomic E-state index is -0.598. The van der Waals surface area contributed by atoms with E-state index in [0.717, 1.165) is 29.0 Å². The normalized spacial score (nSPS) is 20.1. The molecule has 1 aliphatic heterocycles. The van der Waals surface area contributed by atoms with Crippen LogP contribution in [0.1, 0.15) is 45.2 Å². The third kappa shape index (κ3) is 3.68. The maximum absolute atomic E-state index is 13.9. The molecule has 2 nitrogen and oxygen atoms in total. The maximum atomic E-state index is 13.9. The third-order valence-electron chi connectivity index (χ3n) is 5.56. The van der Waals surface area contributed by atoms with Crippen molar-refractivity contribution in [2.45, 2.75) is 39.7 Å². The van der Waals surface area contributed by atoms with Gasteiger partial charge >= 0.3 is 0 Å². The van der Waals surface area contributed by atoms with Crippen molar-refractivity contribution in [2.75, 3.05) is 5.75 Å². The monoisotopic (exact) mass is 391 g/mol. The molecule has 0 spiro atoms. The first kappa shape index (κ1) is 20.5. The van der Waals surface area contributed by atoms with Gasteiger partial charge in [-0.15, -0.1) is 11.8 Å². The summed E-state index contributed by atoms with van der Waals surface area (Å²) in [6.45, 7) is 8.48. The number of benzene rings is 2. The lowest BCUT2D eigenvalue weighted by Gasteiger charge is -2.39. The zero-order valence-corrected chi connectivity index (χ0v) is 18.0. The Morgan fingerprint density at radius 3 is 2.18 bits per heavy atom. The molecule has 3 rings (SSSR count). The lowest BCUT2D eigenvalue weighted by atomic mass is 9.84. The fourth-order valence-corrected chi connectivity index (χ4v) is 4.33. The fraction of sp³-hybridized carbons (Fsp3) is 0.320. The summed E-state index contributed by atoms with van der Waals surface area (Å²) in [6.07, 6.45) is 5.00. The van der Waals surface area contributed by atoms with E-state index >= 15 is 0 Å². The highest BCUT2D eigenvalue weighted by Gasteiger charge is 2.49. The van der Waals surface area contributed by atoms with Gasteiger partial charge < -0.3 is 4.90 Å². The van der Waals surface area contributed by atoms with E-state index < -0.39 is 11.0 Å². The molecule has 146 valence electrons. The average molecular weight is 392 g/mol. The molecule has 1 unspecified atom stereocenters. The van der Waals surface area contributed by atoms with Crippen LogP contribution < -0.4 is 0 Å². The second-order valence-corrected chi connectivity index (χ2v) is 8.80. The fourth-order valence-electron chi connectivity index (χ4n) is 3.80. The average Bonchev–Trinajstić information content (AvgIpc) is 3.03. The van der Waals surface area contributed by atoms with Crippen molar-refractivity contribution in [1.82, 2.24) is 4.90 Å². The number of nitrogens with zero attached hydrogens (tertiary/aromatic N) is 1. The molecule has 0 saturated carbocycles. The first-order valence-corrected chi connectivity index (χ1v) is 11.0. The van der Waals surface area contributed by atoms with Crippen molar-refractivity contribution in [1.29, 1.82) is 0 Å². The minimum absolute atomic E-state index is 0.149. The van der Waals surface area contributed by atoms with Crippen LogP contribution in [0.25, 0.3) is 5.70 Å². The van der Waals surface area contributed by atoms with Crippen molar-refractivity contribution in [3.63, 3.8) is 0 Å². The standard InChI is InChI=1S/C25H29NOS/c1-5-25(17-18-28-6-2)19-22(20-13-9-7-10-14-20)26(23(25)27)24(3,4)21-15-11-8-12-16-21/h7-19H,5-6H2,1-4H3/b18-17-. The zero-order valence-electron chi connectivity index (χ0n) is 17.2. The Hall–Kier alpha value is -2.26. The van der Waals surface area contributed by atoms with Gasteiger partial charge in [-0.05, 0) is 48.6 Å². The maximum Gasteiger partial charge on any atom is 0.241 e. The van der Waals surface area contributed by atoms with Gasteiger partial charge in [0.05, 0.1) is 11.0 Å². The Morgan fingerprint density at radius 2 is 1.61 bits per heavy atom. The second-order valence-electron chi connectivity index (χ2n) is 7.61. The summed E-state index contributed by atoms with van der Waals surface area (Å²) in [5.41, 5.74) is 2.14. The van der Waals surface area contributed by atoms with Crippen molar-refractivity contribution in [3.8, 4) is 0 Å². The Balaban J connectivity index is 2.15. The molecule has 0 bridgehead atoms. The van der Waals surface area contributed by atoms with Crippen LogP contribution in [-0.2, 0) is 10.3 Å². The lowest BCUT2D eigenvalue weighted by molar-refractivity contribution is -0.136. The Morgan fingerprint density at radius 1 is 1.00 bits per heavy atom. The number of thioether (sulfide) groups is 1. The van der Waals surface area contributed by atoms with Gasteiger partial charge in [-0.3, -0.25) is 4.79 Å². The summed E-state index contributed by atoms with van der Waals surface area (Å²) >= 11 is 1.73. The molecule has 1 atom stereocenters. The summed E-state index contributed by atoms with van der Waals surface area (Å²) in [5, 5.41) is 2.08. The number of hydrogen-bond donors (Lipinski definition) is 0. The van der Waals surface area contributed by atoms with Gasteiger partial charge in [0.2, 0.25) is 5.91 Å². The molecule has 1 aliphatic rings. The van der Waals surface area contributed by atoms with Crippen LogP contribution in [0.4, 0.5) is 0 Å². The minimum Gasteiger partial charge on any atom is -0.301 e. The number of carbonyl (C=O) groups excluding carboxylic acids is 1. The molecule has 2 aromatic rings. The molecule has 0 N–H and O–H groups in total. The van der Waals surface area contributed by atoms with E-state index in [2.05, 4.69) is 69.5 Å². The molecule has 0 aromatic heterocycles. The summed E-state index contributed by atoms with van der Waals surface area (Å²) in [4.78, 5) is 15.9. The topological polar surface area (TPSA) is 20.3 Å². The first-order valence-electron chi connectivity index (χ1n) is 9.94. The molecule has 0 radical (unpaired) electrons. The van der Waals surface area contributed by atoms with Crippen molar-refractivity contribution in [2.24, 2.45) is 5.41 Å². The molecule has 0 fully saturated rings. The number of hydrogen-bond acceptors (Lipinski definition) is 2. The van der Waals surface area contributed by atoms with Crippen LogP contribution in [0.15, 0.2) is 78.2 Å². The van der Waals surface area contributed by atoms with E-state index in [4.69, 9.17) is 0 Å². The van der Waals surface area contributed by atoms with Crippen LogP contribution in [0, 0.1) is 5.41 Å². The van der Waals surface area contributed by atoms with Crippen LogP contribution in [0.3, 0.4) is 0 Å². The van der Waals surface area contributed by atoms with Gasteiger partial charge in [0.25, 0.3) is 0 Å². The van der Waals surface area contributed by atoms with Gasteiger partial charge in [-0.1, -0.05) is 80.6 Å². The highest BCUT2D eigenvalue weighted by molar-refractivity contribution is 8.02. The highest BCUT2D eigenvalue weighted by atomic mass is 32.2. The molecule has 0 saturated heterocycles. The van der Waals surface area contributed by atoms with Gasteiger partial charge in [0.15, 0.2) is 0 Å². The molecule has 1 heterocycles. The van der Waals surface area contributed by atoms with Crippen molar-refractivity contribution in [3.05, 3.63) is 89.4 Å². The Kier molecular flexibility index (Phi) is 6.14. The van der Waals surface area contributed by atoms with Crippen LogP contribution >= 0.6 is 11.8 Å². The van der Waals surface area contributed by atoms with Gasteiger partial charge in [-0.2, -0.15) is 0 Å². The summed E-state index contributed by atoms with van der Waals surface area (Å²) < 4.78 is 0. The molecule has 28 heavy (non-hydrogen) atoms. The van der Waals surface area contributed by atoms with Gasteiger partial charge in [0, 0.05) is 5.70 Å². The molecular weight excluding hydrogens is 362 g/mol. The van der Waals surface area contributed by atoms with Gasteiger partial charge in [0.1, 0.15) is 0 Å². The van der Waals surface area contributed by atoms with E-state index in [1.165, 1.54) is 0 Å². The van der Waals surface area contributed by atoms with E-state index in [-0.39, 0.29) is 5.91 Å². The second kappa shape index (κ2) is 8.40. The molecule has 0 aliphatic carbocycles. The smallest absolute Gasteiger partial charge is 0.241 e. The number of amides is 1. The van der Waals surface area contributed by atoms with E-state index in [0.29, 0.717) is 0 Å². The SMILES string of the molecule is CCS/C=C\C1(CC)C=C(c2ccccc2)N(C(C)(C)c2ccccc2)C1=O. The largest absolute Gasteiger partial charge is 0.301 e. The van der Waals surface area contributed by atoms with E-state index in [1.54, 1.807) is 11.8 Å².